The van der Waals surface area contributed by atoms with E-state index in [4.69, 9.17) is 14.3 Å². The summed E-state index contributed by atoms with van der Waals surface area (Å²) in [5, 5.41) is 11.7. The van der Waals surface area contributed by atoms with Gasteiger partial charge in [0, 0.05) is 35.3 Å². The second-order valence-corrected chi connectivity index (χ2v) is 9.72. The maximum atomic E-state index is 12.6. The van der Waals surface area contributed by atoms with Crippen molar-refractivity contribution in [2.45, 2.75) is 52.6 Å². The van der Waals surface area contributed by atoms with Gasteiger partial charge in [0.1, 0.15) is 0 Å². The Labute approximate surface area is 204 Å². The van der Waals surface area contributed by atoms with Crippen LogP contribution in [-0.2, 0) is 9.05 Å². The largest absolute Gasteiger partial charge is 0.352 e. The summed E-state index contributed by atoms with van der Waals surface area (Å²) < 4.78 is 14.1. The summed E-state index contributed by atoms with van der Waals surface area (Å²) in [6, 6.07) is 18.3. The van der Waals surface area contributed by atoms with E-state index in [2.05, 4.69) is 43.8 Å². The van der Waals surface area contributed by atoms with E-state index < -0.39 is 8.53 Å². The highest BCUT2D eigenvalue weighted by atomic mass is 31.2. The Bertz CT molecular complexity index is 952. The standard InChI is InChI=1S/C26H34N3O4P/c1-20(2)29(21(3)4)34(32-17-9-15-27)33-18-10-16-28-26(31)24-14-8-13-23(19-24)25(30)22-11-6-5-7-12-22/h5-8,11-14,19-21H,9-10,16-18H2,1-4H3,(H,28,31). The normalized spacial score (nSPS) is 12.1. The van der Waals surface area contributed by atoms with Crippen molar-refractivity contribution in [1.29, 1.82) is 5.26 Å². The van der Waals surface area contributed by atoms with Crippen molar-refractivity contribution >= 4 is 20.2 Å². The zero-order chi connectivity index (χ0) is 24.9. The molecule has 7 nitrogen and oxygen atoms in total. The zero-order valence-electron chi connectivity index (χ0n) is 20.4. The summed E-state index contributed by atoms with van der Waals surface area (Å²) in [5.74, 6) is -0.352. The summed E-state index contributed by atoms with van der Waals surface area (Å²) >= 11 is 0. The van der Waals surface area contributed by atoms with Crippen LogP contribution in [0.3, 0.4) is 0 Å². The lowest BCUT2D eigenvalue weighted by Gasteiger charge is -2.35. The lowest BCUT2D eigenvalue weighted by atomic mass is 10.0. The Hall–Kier alpha value is -2.62. The Morgan fingerprint density at radius 2 is 1.56 bits per heavy atom. The van der Waals surface area contributed by atoms with E-state index in [1.807, 2.05) is 18.2 Å². The van der Waals surface area contributed by atoms with Crippen LogP contribution in [0.25, 0.3) is 0 Å². The topological polar surface area (TPSA) is 91.7 Å². The molecule has 182 valence electrons. The molecule has 0 aliphatic heterocycles. The first-order valence-electron chi connectivity index (χ1n) is 11.5. The number of nitriles is 1. The molecule has 2 aromatic carbocycles. The summed E-state index contributed by atoms with van der Waals surface area (Å²) in [6.45, 7) is 9.52. The van der Waals surface area contributed by atoms with Crippen LogP contribution in [0.1, 0.15) is 66.8 Å². The van der Waals surface area contributed by atoms with Crippen LogP contribution in [-0.4, -0.2) is 48.2 Å². The van der Waals surface area contributed by atoms with E-state index in [0.717, 1.165) is 0 Å². The van der Waals surface area contributed by atoms with Gasteiger partial charge in [0.2, 0.25) is 0 Å². The lowest BCUT2D eigenvalue weighted by Crippen LogP contribution is -2.34. The molecule has 0 bridgehead atoms. The van der Waals surface area contributed by atoms with Crippen molar-refractivity contribution in [3.63, 3.8) is 0 Å². The van der Waals surface area contributed by atoms with Crippen molar-refractivity contribution < 1.29 is 18.6 Å². The molecule has 0 aliphatic rings. The average Bonchev–Trinajstić information content (AvgIpc) is 2.83. The average molecular weight is 484 g/mol. The second kappa shape index (κ2) is 14.6. The van der Waals surface area contributed by atoms with Crippen LogP contribution >= 0.6 is 8.53 Å². The van der Waals surface area contributed by atoms with Crippen molar-refractivity contribution in [1.82, 2.24) is 9.99 Å². The van der Waals surface area contributed by atoms with Crippen LogP contribution in [0.4, 0.5) is 0 Å². The molecule has 34 heavy (non-hydrogen) atoms. The molecule has 2 aromatic rings. The van der Waals surface area contributed by atoms with Gasteiger partial charge in [-0.1, -0.05) is 42.5 Å². The van der Waals surface area contributed by atoms with E-state index in [9.17, 15) is 9.59 Å². The third-order valence-corrected chi connectivity index (χ3v) is 7.00. The van der Waals surface area contributed by atoms with Gasteiger partial charge in [-0.3, -0.25) is 9.59 Å². The summed E-state index contributed by atoms with van der Waals surface area (Å²) in [6.07, 6.45) is 0.924. The van der Waals surface area contributed by atoms with Gasteiger partial charge in [0.05, 0.1) is 25.7 Å². The van der Waals surface area contributed by atoms with Gasteiger partial charge in [-0.15, -0.1) is 0 Å². The molecule has 0 saturated carbocycles. The number of benzene rings is 2. The van der Waals surface area contributed by atoms with Gasteiger partial charge >= 0.3 is 0 Å². The first kappa shape index (κ1) is 27.6. The maximum Gasteiger partial charge on any atom is 0.259 e. The molecule has 8 heteroatoms. The van der Waals surface area contributed by atoms with Crippen molar-refractivity contribution in [3.8, 4) is 6.07 Å². The Morgan fingerprint density at radius 3 is 2.21 bits per heavy atom. The molecule has 0 heterocycles. The van der Waals surface area contributed by atoms with E-state index in [0.29, 0.717) is 49.3 Å². The summed E-state index contributed by atoms with van der Waals surface area (Å²) in [4.78, 5) is 25.2. The molecule has 0 saturated heterocycles. The SMILES string of the molecule is CC(C)N(C(C)C)P(OCCC#N)OCCCNC(=O)c1cccc(C(=O)c2ccccc2)c1. The molecule has 0 aromatic heterocycles. The van der Waals surface area contributed by atoms with E-state index >= 15 is 0 Å². The minimum Gasteiger partial charge on any atom is -0.352 e. The fourth-order valence-corrected chi connectivity index (χ4v) is 5.02. The number of nitrogens with one attached hydrogen (secondary N) is 1. The van der Waals surface area contributed by atoms with Crippen molar-refractivity contribution in [2.75, 3.05) is 19.8 Å². The fraction of sp³-hybridized carbons (Fsp3) is 0.423. The molecule has 2 rings (SSSR count). The van der Waals surface area contributed by atoms with E-state index in [-0.39, 0.29) is 23.8 Å². The van der Waals surface area contributed by atoms with Gasteiger partial charge in [-0.25, -0.2) is 4.67 Å². The molecule has 0 radical (unpaired) electrons. The summed E-state index contributed by atoms with van der Waals surface area (Å²) in [5.41, 5.74) is 1.50. The molecular formula is C26H34N3O4P. The van der Waals surface area contributed by atoms with Crippen molar-refractivity contribution in [3.05, 3.63) is 71.3 Å². The number of carbonyl (C=O) groups is 2. The number of amides is 1. The van der Waals surface area contributed by atoms with Gasteiger partial charge in [-0.2, -0.15) is 5.26 Å². The molecule has 0 fully saturated rings. The minimum absolute atomic E-state index is 0.117. The fourth-order valence-electron chi connectivity index (χ4n) is 3.39. The number of nitrogens with zero attached hydrogens (tertiary/aromatic N) is 2. The number of ketones is 1. The first-order valence-corrected chi connectivity index (χ1v) is 12.7. The Morgan fingerprint density at radius 1 is 0.941 bits per heavy atom. The summed E-state index contributed by atoms with van der Waals surface area (Å²) in [7, 11) is -1.29. The predicted molar refractivity (Wildman–Crippen MR) is 134 cm³/mol. The number of hydrogen-bond acceptors (Lipinski definition) is 6. The predicted octanol–water partition coefficient (Wildman–Crippen LogP) is 5.33. The molecule has 0 spiro atoms. The quantitative estimate of drug-likeness (QED) is 0.222. The highest BCUT2D eigenvalue weighted by Crippen LogP contribution is 2.45. The third-order valence-electron chi connectivity index (χ3n) is 4.89. The molecule has 1 atom stereocenters. The van der Waals surface area contributed by atoms with Crippen LogP contribution in [0.5, 0.6) is 0 Å². The molecule has 1 N–H and O–H groups in total. The molecule has 1 amide bonds. The van der Waals surface area contributed by atoms with Crippen LogP contribution < -0.4 is 5.32 Å². The first-order chi connectivity index (χ1) is 16.3. The van der Waals surface area contributed by atoms with Crippen molar-refractivity contribution in [2.24, 2.45) is 0 Å². The van der Waals surface area contributed by atoms with Crippen LogP contribution in [0, 0.1) is 11.3 Å². The zero-order valence-corrected chi connectivity index (χ0v) is 21.3. The van der Waals surface area contributed by atoms with Gasteiger partial charge in [0.15, 0.2) is 5.78 Å². The number of hydrogen-bond donors (Lipinski definition) is 1. The molecular weight excluding hydrogens is 449 g/mol. The third kappa shape index (κ3) is 8.62. The lowest BCUT2D eigenvalue weighted by molar-refractivity contribution is 0.0951. The Balaban J connectivity index is 1.87. The van der Waals surface area contributed by atoms with E-state index in [1.54, 1.807) is 36.4 Å². The molecule has 1 unspecified atom stereocenters. The molecule has 0 aliphatic carbocycles. The van der Waals surface area contributed by atoms with Gasteiger partial charge in [-0.05, 0) is 46.2 Å². The Kier molecular flexibility index (Phi) is 11.9. The maximum absolute atomic E-state index is 12.6. The number of rotatable bonds is 14. The smallest absolute Gasteiger partial charge is 0.259 e. The van der Waals surface area contributed by atoms with Crippen LogP contribution in [0.15, 0.2) is 54.6 Å². The monoisotopic (exact) mass is 483 g/mol. The minimum atomic E-state index is -1.29. The highest BCUT2D eigenvalue weighted by Gasteiger charge is 2.26. The highest BCUT2D eigenvalue weighted by molar-refractivity contribution is 7.44. The van der Waals surface area contributed by atoms with Crippen LogP contribution in [0.2, 0.25) is 0 Å². The van der Waals surface area contributed by atoms with Gasteiger partial charge < -0.3 is 14.4 Å². The van der Waals surface area contributed by atoms with E-state index in [1.165, 1.54) is 0 Å². The van der Waals surface area contributed by atoms with Gasteiger partial charge in [0.25, 0.3) is 14.4 Å². The number of carbonyl (C=O) groups excluding carboxylic acids is 2. The second-order valence-electron chi connectivity index (χ2n) is 8.27.